The van der Waals surface area contributed by atoms with Crippen molar-refractivity contribution >= 4 is 12.6 Å². The van der Waals surface area contributed by atoms with Crippen molar-refractivity contribution in [3.63, 3.8) is 0 Å². The van der Waals surface area contributed by atoms with Crippen molar-refractivity contribution in [3.8, 4) is 5.75 Å². The van der Waals surface area contributed by atoms with Gasteiger partial charge in [-0.05, 0) is 17.7 Å². The molecule has 0 heterocycles. The van der Waals surface area contributed by atoms with Crippen molar-refractivity contribution in [2.24, 2.45) is 0 Å². The smallest absolute Gasteiger partial charge is 0.153 e. The zero-order valence-electron chi connectivity index (χ0n) is 7.23. The molecule has 0 amide bonds. The van der Waals surface area contributed by atoms with Crippen molar-refractivity contribution in [2.45, 2.75) is 12.8 Å². The number of rotatable bonds is 3. The summed E-state index contributed by atoms with van der Waals surface area (Å²) in [5.41, 5.74) is 0.944. The number of aromatic hydroxyl groups is 1. The number of hydrogen-bond acceptors (Lipinski definition) is 3. The van der Waals surface area contributed by atoms with E-state index in [0.717, 1.165) is 6.29 Å². The molecule has 13 heavy (non-hydrogen) atoms. The predicted octanol–water partition coefficient (Wildman–Crippen LogP) is 1.51. The molecular formula is C10H10O3. The van der Waals surface area contributed by atoms with Crippen LogP contribution < -0.4 is 0 Å². The highest BCUT2D eigenvalue weighted by atomic mass is 16.3. The standard InChI is InChI=1S/C10H10O3/c1-7(5-11)8-2-3-9(6-12)10(13)4-8/h2-7,13H,1H3. The molecule has 0 radical (unpaired) electrons. The van der Waals surface area contributed by atoms with Crippen LogP contribution in [0, 0.1) is 0 Å². The molecule has 0 aromatic heterocycles. The Morgan fingerprint density at radius 3 is 2.54 bits per heavy atom. The quantitative estimate of drug-likeness (QED) is 0.713. The van der Waals surface area contributed by atoms with Crippen LogP contribution in [0.25, 0.3) is 0 Å². The number of aldehydes is 2. The Morgan fingerprint density at radius 1 is 1.38 bits per heavy atom. The highest BCUT2D eigenvalue weighted by Gasteiger charge is 2.06. The van der Waals surface area contributed by atoms with Gasteiger partial charge in [-0.25, -0.2) is 0 Å². The summed E-state index contributed by atoms with van der Waals surface area (Å²) in [6.45, 7) is 1.72. The Balaban J connectivity index is 3.08. The maximum Gasteiger partial charge on any atom is 0.153 e. The molecule has 0 bridgehead atoms. The van der Waals surface area contributed by atoms with E-state index >= 15 is 0 Å². The Labute approximate surface area is 76.0 Å². The summed E-state index contributed by atoms with van der Waals surface area (Å²) in [6, 6.07) is 4.59. The first kappa shape index (κ1) is 9.45. The summed E-state index contributed by atoms with van der Waals surface area (Å²) in [5, 5.41) is 9.29. The molecule has 1 atom stereocenters. The molecule has 3 heteroatoms. The molecule has 68 valence electrons. The maximum atomic E-state index is 10.4. The van der Waals surface area contributed by atoms with Gasteiger partial charge in [0.05, 0.1) is 5.56 Å². The average Bonchev–Trinajstić information content (AvgIpc) is 2.16. The second kappa shape index (κ2) is 3.85. The van der Waals surface area contributed by atoms with Crippen LogP contribution in [-0.4, -0.2) is 17.7 Å². The van der Waals surface area contributed by atoms with Crippen LogP contribution in [0.1, 0.15) is 28.8 Å². The van der Waals surface area contributed by atoms with E-state index in [2.05, 4.69) is 0 Å². The van der Waals surface area contributed by atoms with Crippen molar-refractivity contribution < 1.29 is 14.7 Å². The van der Waals surface area contributed by atoms with Gasteiger partial charge in [-0.2, -0.15) is 0 Å². The largest absolute Gasteiger partial charge is 0.507 e. The number of carbonyl (C=O) groups excluding carboxylic acids is 2. The summed E-state index contributed by atoms with van der Waals surface area (Å²) >= 11 is 0. The Hall–Kier alpha value is -1.64. The number of carbonyl (C=O) groups is 2. The fourth-order valence-electron chi connectivity index (χ4n) is 1.02. The van der Waals surface area contributed by atoms with E-state index in [1.807, 2.05) is 0 Å². The van der Waals surface area contributed by atoms with Crippen molar-refractivity contribution in [1.82, 2.24) is 0 Å². The molecule has 0 spiro atoms. The molecule has 3 nitrogen and oxygen atoms in total. The average molecular weight is 178 g/mol. The fourth-order valence-corrected chi connectivity index (χ4v) is 1.02. The third-order valence-electron chi connectivity index (χ3n) is 1.91. The van der Waals surface area contributed by atoms with Crippen LogP contribution in [0.15, 0.2) is 18.2 Å². The van der Waals surface area contributed by atoms with Crippen LogP contribution in [0.2, 0.25) is 0 Å². The van der Waals surface area contributed by atoms with Crippen molar-refractivity contribution in [1.29, 1.82) is 0 Å². The van der Waals surface area contributed by atoms with E-state index in [4.69, 9.17) is 0 Å². The number of phenolic OH excluding ortho intramolecular Hbond substituents is 1. The molecule has 1 rings (SSSR count). The summed E-state index contributed by atoms with van der Waals surface area (Å²) in [6.07, 6.45) is 1.36. The first-order valence-electron chi connectivity index (χ1n) is 3.92. The molecular weight excluding hydrogens is 168 g/mol. The van der Waals surface area contributed by atoms with Crippen LogP contribution in [0.4, 0.5) is 0 Å². The third kappa shape index (κ3) is 1.93. The monoisotopic (exact) mass is 178 g/mol. The van der Waals surface area contributed by atoms with Gasteiger partial charge in [0.1, 0.15) is 12.0 Å². The van der Waals surface area contributed by atoms with E-state index < -0.39 is 0 Å². The van der Waals surface area contributed by atoms with Crippen LogP contribution >= 0.6 is 0 Å². The molecule has 1 N–H and O–H groups in total. The van der Waals surface area contributed by atoms with Gasteiger partial charge in [-0.1, -0.05) is 13.0 Å². The third-order valence-corrected chi connectivity index (χ3v) is 1.91. The fraction of sp³-hybridized carbons (Fsp3) is 0.200. The molecule has 0 saturated carbocycles. The molecule has 1 unspecified atom stereocenters. The highest BCUT2D eigenvalue weighted by Crippen LogP contribution is 2.21. The molecule has 0 aliphatic rings. The van der Waals surface area contributed by atoms with Crippen molar-refractivity contribution in [3.05, 3.63) is 29.3 Å². The predicted molar refractivity (Wildman–Crippen MR) is 48.0 cm³/mol. The Morgan fingerprint density at radius 2 is 2.08 bits per heavy atom. The number of benzene rings is 1. The summed E-state index contributed by atoms with van der Waals surface area (Å²) < 4.78 is 0. The molecule has 1 aromatic rings. The molecule has 0 aliphatic heterocycles. The highest BCUT2D eigenvalue weighted by molar-refractivity contribution is 5.79. The van der Waals surface area contributed by atoms with E-state index in [1.165, 1.54) is 12.1 Å². The minimum atomic E-state index is -0.258. The lowest BCUT2D eigenvalue weighted by Crippen LogP contribution is -1.94. The zero-order valence-corrected chi connectivity index (χ0v) is 7.23. The minimum Gasteiger partial charge on any atom is -0.507 e. The summed E-state index contributed by atoms with van der Waals surface area (Å²) in [7, 11) is 0. The van der Waals surface area contributed by atoms with E-state index in [9.17, 15) is 14.7 Å². The first-order chi connectivity index (χ1) is 6.19. The second-order valence-electron chi connectivity index (χ2n) is 2.86. The summed E-state index contributed by atoms with van der Waals surface area (Å²) in [4.78, 5) is 20.8. The van der Waals surface area contributed by atoms with Gasteiger partial charge in [0, 0.05) is 5.92 Å². The Kier molecular flexibility index (Phi) is 2.80. The van der Waals surface area contributed by atoms with E-state index in [1.54, 1.807) is 13.0 Å². The zero-order chi connectivity index (χ0) is 9.84. The first-order valence-corrected chi connectivity index (χ1v) is 3.92. The molecule has 0 fully saturated rings. The normalized spacial score (nSPS) is 12.1. The van der Waals surface area contributed by atoms with E-state index in [-0.39, 0.29) is 17.2 Å². The summed E-state index contributed by atoms with van der Waals surface area (Å²) in [5.74, 6) is -0.340. The van der Waals surface area contributed by atoms with Crippen LogP contribution in [0.5, 0.6) is 5.75 Å². The lowest BCUT2D eigenvalue weighted by Gasteiger charge is -2.05. The van der Waals surface area contributed by atoms with Crippen molar-refractivity contribution in [2.75, 3.05) is 0 Å². The van der Waals surface area contributed by atoms with Gasteiger partial charge in [-0.3, -0.25) is 4.79 Å². The van der Waals surface area contributed by atoms with Gasteiger partial charge in [-0.15, -0.1) is 0 Å². The number of hydrogen-bond donors (Lipinski definition) is 1. The van der Waals surface area contributed by atoms with E-state index in [0.29, 0.717) is 11.8 Å². The lowest BCUT2D eigenvalue weighted by atomic mass is 10.0. The topological polar surface area (TPSA) is 54.4 Å². The molecule has 1 aromatic carbocycles. The lowest BCUT2D eigenvalue weighted by molar-refractivity contribution is -0.108. The second-order valence-corrected chi connectivity index (χ2v) is 2.86. The van der Waals surface area contributed by atoms with Gasteiger partial charge in [0.2, 0.25) is 0 Å². The van der Waals surface area contributed by atoms with Gasteiger partial charge < -0.3 is 9.90 Å². The van der Waals surface area contributed by atoms with Crippen LogP contribution in [-0.2, 0) is 4.79 Å². The number of phenols is 1. The Bertz CT molecular complexity index is 331. The van der Waals surface area contributed by atoms with Gasteiger partial charge >= 0.3 is 0 Å². The van der Waals surface area contributed by atoms with Crippen LogP contribution in [0.3, 0.4) is 0 Å². The van der Waals surface area contributed by atoms with Gasteiger partial charge in [0.15, 0.2) is 6.29 Å². The van der Waals surface area contributed by atoms with Gasteiger partial charge in [0.25, 0.3) is 0 Å². The minimum absolute atomic E-state index is 0.0822. The SMILES string of the molecule is CC(C=O)c1ccc(C=O)c(O)c1. The maximum absolute atomic E-state index is 10.4. The molecule has 0 aliphatic carbocycles. The molecule has 0 saturated heterocycles.